The quantitative estimate of drug-likeness (QED) is 0.515. The van der Waals surface area contributed by atoms with Crippen molar-refractivity contribution in [2.45, 2.75) is 0 Å². The maximum absolute atomic E-state index is 3.27. The zero-order chi connectivity index (χ0) is 10.8. The van der Waals surface area contributed by atoms with Gasteiger partial charge in [-0.25, -0.2) is 0 Å². The predicted octanol–water partition coefficient (Wildman–Crippen LogP) is 0.187. The van der Waals surface area contributed by atoms with Crippen LogP contribution in [0.5, 0.6) is 0 Å². The molecule has 0 aromatic carbocycles. The van der Waals surface area contributed by atoms with E-state index in [0.717, 1.165) is 0 Å². The van der Waals surface area contributed by atoms with E-state index in [-0.39, 0.29) is 6.71 Å². The summed E-state index contributed by atoms with van der Waals surface area (Å²) in [5, 5.41) is 0. The van der Waals surface area contributed by atoms with Gasteiger partial charge in [-0.05, 0) is 53.2 Å². The van der Waals surface area contributed by atoms with E-state index in [0.29, 0.717) is 0 Å². The smallest absolute Gasteiger partial charge is 0.301 e. The van der Waals surface area contributed by atoms with Crippen molar-refractivity contribution in [3.8, 4) is 0 Å². The number of H-pyrrole nitrogens is 3. The van der Waals surface area contributed by atoms with Crippen LogP contribution in [-0.2, 0) is 0 Å². The monoisotopic (exact) mass is 209 g/mol. The molecule has 3 rings (SSSR count). The second kappa shape index (κ2) is 3.81. The fourth-order valence-corrected chi connectivity index (χ4v) is 2.07. The number of aromatic amines is 3. The lowest BCUT2D eigenvalue weighted by Crippen LogP contribution is -2.53. The molecule has 3 N–H and O–H groups in total. The fourth-order valence-electron chi connectivity index (χ4n) is 2.07. The van der Waals surface area contributed by atoms with E-state index in [1.54, 1.807) is 0 Å². The van der Waals surface area contributed by atoms with Gasteiger partial charge in [0, 0.05) is 18.6 Å². The molecule has 0 aliphatic rings. The Kier molecular flexibility index (Phi) is 2.18. The van der Waals surface area contributed by atoms with Crippen LogP contribution in [0.4, 0.5) is 0 Å². The second-order valence-corrected chi connectivity index (χ2v) is 3.81. The predicted molar refractivity (Wildman–Crippen MR) is 67.0 cm³/mol. The highest BCUT2D eigenvalue weighted by Crippen LogP contribution is 1.90. The third-order valence-electron chi connectivity index (χ3n) is 2.80. The highest BCUT2D eigenvalue weighted by atomic mass is 14.7. The Morgan fingerprint density at radius 1 is 0.625 bits per heavy atom. The minimum Gasteiger partial charge on any atom is -0.372 e. The van der Waals surface area contributed by atoms with Crippen LogP contribution in [0.2, 0.25) is 0 Å². The Labute approximate surface area is 94.0 Å². The van der Waals surface area contributed by atoms with Gasteiger partial charge in [-0.3, -0.25) is 0 Å². The van der Waals surface area contributed by atoms with E-state index < -0.39 is 0 Å². The van der Waals surface area contributed by atoms with Crippen molar-refractivity contribution in [1.29, 1.82) is 0 Å². The molecule has 0 saturated carbocycles. The van der Waals surface area contributed by atoms with Crippen LogP contribution in [-0.4, -0.2) is 21.7 Å². The van der Waals surface area contributed by atoms with Crippen LogP contribution in [0.15, 0.2) is 55.0 Å². The summed E-state index contributed by atoms with van der Waals surface area (Å²) >= 11 is 0. The third kappa shape index (κ3) is 1.48. The molecule has 0 amide bonds. The van der Waals surface area contributed by atoms with E-state index in [4.69, 9.17) is 0 Å². The zero-order valence-corrected chi connectivity index (χ0v) is 8.77. The van der Waals surface area contributed by atoms with Crippen molar-refractivity contribution < 1.29 is 0 Å². The van der Waals surface area contributed by atoms with E-state index >= 15 is 0 Å². The van der Waals surface area contributed by atoms with Crippen LogP contribution < -0.4 is 16.8 Å². The number of hydrogen-bond donors (Lipinski definition) is 3. The molecular formula is C12H12BN3. The lowest BCUT2D eigenvalue weighted by Gasteiger charge is -2.08. The minimum atomic E-state index is 0.222. The molecule has 0 radical (unpaired) electrons. The molecule has 78 valence electrons. The molecule has 0 aliphatic heterocycles. The van der Waals surface area contributed by atoms with Gasteiger partial charge in [0.1, 0.15) is 0 Å². The minimum absolute atomic E-state index is 0.222. The molecule has 3 heterocycles. The number of rotatable bonds is 3. The molecule has 0 aliphatic carbocycles. The molecule has 0 fully saturated rings. The van der Waals surface area contributed by atoms with Gasteiger partial charge in [0.2, 0.25) is 0 Å². The average molecular weight is 209 g/mol. The second-order valence-electron chi connectivity index (χ2n) is 3.81. The Balaban J connectivity index is 2.09. The van der Waals surface area contributed by atoms with E-state index in [2.05, 4.69) is 33.2 Å². The summed E-state index contributed by atoms with van der Waals surface area (Å²) in [6.07, 6.45) is 5.86. The normalized spacial score (nSPS) is 10.5. The van der Waals surface area contributed by atoms with Crippen LogP contribution in [0.25, 0.3) is 0 Å². The molecule has 0 unspecified atom stereocenters. The fraction of sp³-hybridized carbons (Fsp3) is 0. The van der Waals surface area contributed by atoms with Gasteiger partial charge in [0.15, 0.2) is 0 Å². The van der Waals surface area contributed by atoms with Gasteiger partial charge in [-0.15, -0.1) is 0 Å². The maximum atomic E-state index is 3.27. The van der Waals surface area contributed by atoms with Crippen LogP contribution in [0.3, 0.4) is 0 Å². The van der Waals surface area contributed by atoms with E-state index in [9.17, 15) is 0 Å². The number of aromatic nitrogens is 3. The Morgan fingerprint density at radius 2 is 1.00 bits per heavy atom. The summed E-state index contributed by atoms with van der Waals surface area (Å²) in [5.74, 6) is 0. The molecule has 3 aromatic rings. The molecule has 3 aromatic heterocycles. The molecule has 0 atom stereocenters. The molecule has 0 bridgehead atoms. The first-order valence-corrected chi connectivity index (χ1v) is 5.35. The summed E-state index contributed by atoms with van der Waals surface area (Å²) < 4.78 is 0. The van der Waals surface area contributed by atoms with Crippen molar-refractivity contribution in [3.05, 3.63) is 55.0 Å². The molecule has 3 nitrogen and oxygen atoms in total. The van der Waals surface area contributed by atoms with Gasteiger partial charge in [-0.2, -0.15) is 0 Å². The topological polar surface area (TPSA) is 47.4 Å². The third-order valence-corrected chi connectivity index (χ3v) is 2.80. The first kappa shape index (κ1) is 9.15. The van der Waals surface area contributed by atoms with Gasteiger partial charge in [0.05, 0.1) is 0 Å². The van der Waals surface area contributed by atoms with E-state index in [1.807, 2.05) is 36.8 Å². The Morgan fingerprint density at radius 3 is 1.25 bits per heavy atom. The van der Waals surface area contributed by atoms with Crippen molar-refractivity contribution in [1.82, 2.24) is 15.0 Å². The maximum Gasteiger partial charge on any atom is 0.301 e. The highest BCUT2D eigenvalue weighted by molar-refractivity contribution is 6.94. The van der Waals surface area contributed by atoms with E-state index in [1.165, 1.54) is 16.8 Å². The number of nitrogens with one attached hydrogen (secondary N) is 3. The summed E-state index contributed by atoms with van der Waals surface area (Å²) in [6, 6.07) is 12.4. The van der Waals surface area contributed by atoms with Gasteiger partial charge >= 0.3 is 6.71 Å². The van der Waals surface area contributed by atoms with Gasteiger partial charge < -0.3 is 15.0 Å². The highest BCUT2D eigenvalue weighted by Gasteiger charge is 2.24. The van der Waals surface area contributed by atoms with Crippen LogP contribution >= 0.6 is 0 Å². The van der Waals surface area contributed by atoms with Gasteiger partial charge in [-0.1, -0.05) is 0 Å². The molecule has 0 saturated heterocycles. The number of hydrogen-bond acceptors (Lipinski definition) is 0. The first-order chi connectivity index (χ1) is 7.95. The average Bonchev–Trinajstić information content (AvgIpc) is 3.02. The Bertz CT molecular complexity index is 441. The summed E-state index contributed by atoms with van der Waals surface area (Å²) in [6.45, 7) is 0.222. The SMILES string of the molecule is c1c[nH]c(B(c2ccc[nH]2)c2ccc[nH]2)c1. The lowest BCUT2D eigenvalue weighted by atomic mass is 9.42. The Hall–Kier alpha value is -2.10. The molecule has 4 heteroatoms. The standard InChI is InChI=1S/C12H12BN3/c1-4-10(14-7-1)13(11-5-2-8-15-11)12-6-3-9-16-12/h1-9,14-16H. The van der Waals surface area contributed by atoms with Crippen LogP contribution in [0.1, 0.15) is 0 Å². The van der Waals surface area contributed by atoms with Crippen molar-refractivity contribution in [2.75, 3.05) is 0 Å². The molecule has 16 heavy (non-hydrogen) atoms. The first-order valence-electron chi connectivity index (χ1n) is 5.35. The van der Waals surface area contributed by atoms with Crippen molar-refractivity contribution in [3.63, 3.8) is 0 Å². The van der Waals surface area contributed by atoms with Crippen molar-refractivity contribution >= 4 is 23.5 Å². The summed E-state index contributed by atoms with van der Waals surface area (Å²) in [5.41, 5.74) is 3.56. The summed E-state index contributed by atoms with van der Waals surface area (Å²) in [7, 11) is 0. The molecule has 0 spiro atoms. The van der Waals surface area contributed by atoms with Crippen molar-refractivity contribution in [2.24, 2.45) is 0 Å². The molecular weight excluding hydrogens is 197 g/mol. The van der Waals surface area contributed by atoms with Crippen LogP contribution in [0, 0.1) is 0 Å². The largest absolute Gasteiger partial charge is 0.372 e. The summed E-state index contributed by atoms with van der Waals surface area (Å²) in [4.78, 5) is 9.82. The van der Waals surface area contributed by atoms with Gasteiger partial charge in [0.25, 0.3) is 0 Å². The zero-order valence-electron chi connectivity index (χ0n) is 8.77. The lowest BCUT2D eigenvalue weighted by molar-refractivity contribution is 1.42.